The van der Waals surface area contributed by atoms with E-state index in [0.717, 1.165) is 10.2 Å². The third kappa shape index (κ3) is 3.17. The molecule has 0 amide bonds. The van der Waals surface area contributed by atoms with E-state index in [1.165, 1.54) is 10.8 Å². The van der Waals surface area contributed by atoms with Gasteiger partial charge in [-0.15, -0.1) is 0 Å². The van der Waals surface area contributed by atoms with Gasteiger partial charge in [0.05, 0.1) is 5.69 Å². The second-order valence-electron chi connectivity index (χ2n) is 4.96. The van der Waals surface area contributed by atoms with E-state index < -0.39 is 0 Å². The van der Waals surface area contributed by atoms with Crippen LogP contribution in [0.2, 0.25) is 0 Å². The van der Waals surface area contributed by atoms with Crippen molar-refractivity contribution in [3.05, 3.63) is 40.9 Å². The molecule has 3 heteroatoms. The lowest BCUT2D eigenvalue weighted by Crippen LogP contribution is -2.10. The zero-order chi connectivity index (χ0) is 12.5. The van der Waals surface area contributed by atoms with Gasteiger partial charge in [-0.2, -0.15) is 0 Å². The average Bonchev–Trinajstić information content (AvgIpc) is 2.25. The Morgan fingerprint density at radius 2 is 1.71 bits per heavy atom. The van der Waals surface area contributed by atoms with Gasteiger partial charge in [0.2, 0.25) is 0 Å². The van der Waals surface area contributed by atoms with Crippen molar-refractivity contribution in [2.75, 3.05) is 4.72 Å². The lowest BCUT2D eigenvalue weighted by atomic mass is 10.1. The molecule has 0 saturated carbocycles. The molecule has 2 rings (SSSR count). The first-order chi connectivity index (χ1) is 7.97. The number of anilines is 1. The van der Waals surface area contributed by atoms with Crippen LogP contribution in [0.3, 0.4) is 0 Å². The van der Waals surface area contributed by atoms with Crippen molar-refractivity contribution in [1.29, 1.82) is 0 Å². The minimum absolute atomic E-state index is 0.198. The van der Waals surface area contributed by atoms with Crippen molar-refractivity contribution >= 4 is 44.3 Å². The highest BCUT2D eigenvalue weighted by molar-refractivity contribution is 9.10. The second kappa shape index (κ2) is 4.91. The van der Waals surface area contributed by atoms with Crippen molar-refractivity contribution in [1.82, 2.24) is 0 Å². The maximum Gasteiger partial charge on any atom is 0.0530 e. The van der Waals surface area contributed by atoms with Gasteiger partial charge in [0.15, 0.2) is 0 Å². The van der Waals surface area contributed by atoms with Crippen LogP contribution < -0.4 is 4.72 Å². The summed E-state index contributed by atoms with van der Waals surface area (Å²) in [5, 5.41) is 2.49. The lowest BCUT2D eigenvalue weighted by molar-refractivity contribution is 0.806. The molecule has 0 bridgehead atoms. The third-order valence-electron chi connectivity index (χ3n) is 2.32. The van der Waals surface area contributed by atoms with Crippen LogP contribution >= 0.6 is 27.9 Å². The molecule has 1 N–H and O–H groups in total. The number of rotatable bonds is 2. The number of halogens is 1. The summed E-state index contributed by atoms with van der Waals surface area (Å²) in [4.78, 5) is 0. The summed E-state index contributed by atoms with van der Waals surface area (Å²) >= 11 is 5.36. The number of hydrogen-bond acceptors (Lipinski definition) is 2. The summed E-state index contributed by atoms with van der Waals surface area (Å²) in [6.07, 6.45) is 0. The summed E-state index contributed by atoms with van der Waals surface area (Å²) in [6, 6.07) is 12.6. The molecule has 0 saturated heterocycles. The first kappa shape index (κ1) is 12.8. The van der Waals surface area contributed by atoms with E-state index in [4.69, 9.17) is 0 Å². The molecule has 1 nitrogen and oxygen atoms in total. The van der Waals surface area contributed by atoms with Gasteiger partial charge in [-0.1, -0.05) is 40.2 Å². The Kier molecular flexibility index (Phi) is 3.69. The van der Waals surface area contributed by atoms with E-state index in [2.05, 4.69) is 77.8 Å². The summed E-state index contributed by atoms with van der Waals surface area (Å²) in [5.41, 5.74) is 1.16. The quantitative estimate of drug-likeness (QED) is 0.739. The molecule has 90 valence electrons. The highest BCUT2D eigenvalue weighted by atomic mass is 79.9. The zero-order valence-electron chi connectivity index (χ0n) is 10.3. The molecule has 0 aliphatic carbocycles. The highest BCUT2D eigenvalue weighted by Gasteiger charge is 2.12. The molecule has 0 aliphatic heterocycles. The minimum Gasteiger partial charge on any atom is -0.329 e. The summed E-state index contributed by atoms with van der Waals surface area (Å²) < 4.78 is 4.78. The number of fused-ring (bicyclic) bond motifs is 1. The Morgan fingerprint density at radius 1 is 1.06 bits per heavy atom. The van der Waals surface area contributed by atoms with Gasteiger partial charge in [-0.3, -0.25) is 0 Å². The monoisotopic (exact) mass is 309 g/mol. The molecule has 0 unspecified atom stereocenters. The highest BCUT2D eigenvalue weighted by Crippen LogP contribution is 2.34. The van der Waals surface area contributed by atoms with Crippen LogP contribution in [0.5, 0.6) is 0 Å². The van der Waals surface area contributed by atoms with Crippen molar-refractivity contribution in [3.8, 4) is 0 Å². The SMILES string of the molecule is CC(C)(C)SNc1cccc2cccc(Br)c12. The first-order valence-electron chi connectivity index (χ1n) is 5.59. The first-order valence-corrected chi connectivity index (χ1v) is 7.19. The van der Waals surface area contributed by atoms with E-state index in [9.17, 15) is 0 Å². The molecule has 2 aromatic rings. The smallest absolute Gasteiger partial charge is 0.0530 e. The van der Waals surface area contributed by atoms with Gasteiger partial charge in [-0.05, 0) is 50.2 Å². The third-order valence-corrected chi connectivity index (χ3v) is 3.92. The van der Waals surface area contributed by atoms with Gasteiger partial charge in [0.25, 0.3) is 0 Å². The Hall–Kier alpha value is -0.670. The van der Waals surface area contributed by atoms with Gasteiger partial charge in [0, 0.05) is 14.6 Å². The maximum absolute atomic E-state index is 3.62. The number of hydrogen-bond donors (Lipinski definition) is 1. The van der Waals surface area contributed by atoms with E-state index in [1.807, 2.05) is 0 Å². The average molecular weight is 310 g/mol. The molecule has 0 aromatic heterocycles. The topological polar surface area (TPSA) is 12.0 Å². The van der Waals surface area contributed by atoms with Gasteiger partial charge in [0.1, 0.15) is 0 Å². The fourth-order valence-corrected chi connectivity index (χ4v) is 2.77. The van der Waals surface area contributed by atoms with Crippen LogP contribution in [-0.4, -0.2) is 4.75 Å². The van der Waals surface area contributed by atoms with Crippen molar-refractivity contribution in [2.45, 2.75) is 25.5 Å². The Bertz CT molecular complexity index is 526. The maximum atomic E-state index is 3.62. The Morgan fingerprint density at radius 3 is 2.35 bits per heavy atom. The molecule has 0 radical (unpaired) electrons. The summed E-state index contributed by atoms with van der Waals surface area (Å²) in [7, 11) is 0. The zero-order valence-corrected chi connectivity index (χ0v) is 12.7. The molecule has 0 spiro atoms. The van der Waals surface area contributed by atoms with Gasteiger partial charge < -0.3 is 4.72 Å². The molecule has 0 atom stereocenters. The molecule has 0 fully saturated rings. The predicted molar refractivity (Wildman–Crippen MR) is 82.6 cm³/mol. The fraction of sp³-hybridized carbons (Fsp3) is 0.286. The molecule has 2 aromatic carbocycles. The van der Waals surface area contributed by atoms with Crippen molar-refractivity contribution in [2.24, 2.45) is 0 Å². The van der Waals surface area contributed by atoms with Crippen molar-refractivity contribution in [3.63, 3.8) is 0 Å². The Labute approximate surface area is 115 Å². The Balaban J connectivity index is 2.40. The molecule has 0 heterocycles. The molecule has 0 aliphatic rings. The molecular weight excluding hydrogens is 294 g/mol. The van der Waals surface area contributed by atoms with Crippen LogP contribution in [0.15, 0.2) is 40.9 Å². The van der Waals surface area contributed by atoms with E-state index in [0.29, 0.717) is 0 Å². The van der Waals surface area contributed by atoms with Crippen molar-refractivity contribution < 1.29 is 0 Å². The van der Waals surface area contributed by atoms with Crippen LogP contribution in [0, 0.1) is 0 Å². The normalized spacial score (nSPS) is 11.8. The number of benzene rings is 2. The van der Waals surface area contributed by atoms with Crippen LogP contribution in [0.1, 0.15) is 20.8 Å². The molecule has 17 heavy (non-hydrogen) atoms. The lowest BCUT2D eigenvalue weighted by Gasteiger charge is -2.19. The van der Waals surface area contributed by atoms with E-state index in [1.54, 1.807) is 11.9 Å². The second-order valence-corrected chi connectivity index (χ2v) is 7.45. The summed E-state index contributed by atoms with van der Waals surface area (Å²) in [5.74, 6) is 0. The van der Waals surface area contributed by atoms with Crippen LogP contribution in [0.25, 0.3) is 10.8 Å². The van der Waals surface area contributed by atoms with Gasteiger partial charge in [-0.25, -0.2) is 0 Å². The standard InChI is InChI=1S/C14H16BrNS/c1-14(2,3)17-16-12-9-5-7-10-6-4-8-11(15)13(10)12/h4-9,16H,1-3H3. The van der Waals surface area contributed by atoms with E-state index >= 15 is 0 Å². The molecular formula is C14H16BrNS. The largest absolute Gasteiger partial charge is 0.329 e. The predicted octanol–water partition coefficient (Wildman–Crippen LogP) is 5.46. The van der Waals surface area contributed by atoms with Gasteiger partial charge >= 0.3 is 0 Å². The van der Waals surface area contributed by atoms with Crippen LogP contribution in [-0.2, 0) is 0 Å². The van der Waals surface area contributed by atoms with E-state index in [-0.39, 0.29) is 4.75 Å². The minimum atomic E-state index is 0.198. The number of nitrogens with one attached hydrogen (secondary N) is 1. The van der Waals surface area contributed by atoms with Crippen LogP contribution in [0.4, 0.5) is 5.69 Å². The summed E-state index contributed by atoms with van der Waals surface area (Å²) in [6.45, 7) is 6.60. The fourth-order valence-electron chi connectivity index (χ4n) is 1.59.